The monoisotopic (exact) mass is 285 g/mol. The Morgan fingerprint density at radius 3 is 2.55 bits per heavy atom. The van der Waals surface area contributed by atoms with Crippen LogP contribution < -0.4 is 4.90 Å². The van der Waals surface area contributed by atoms with E-state index in [1.165, 1.54) is 6.07 Å². The van der Waals surface area contributed by atoms with Crippen molar-refractivity contribution in [1.29, 1.82) is 0 Å². The molecule has 0 saturated heterocycles. The van der Waals surface area contributed by atoms with E-state index >= 15 is 0 Å². The fourth-order valence-electron chi connectivity index (χ4n) is 1.83. The fourth-order valence-corrected chi connectivity index (χ4v) is 1.83. The Kier molecular flexibility index (Phi) is 5.03. The summed E-state index contributed by atoms with van der Waals surface area (Å²) in [5.74, 6) is 0.786. The van der Waals surface area contributed by atoms with Gasteiger partial charge in [0.15, 0.2) is 0 Å². The molecule has 1 aromatic rings. The molecule has 0 spiro atoms. The SMILES string of the molecule is C#CCN(CCC)c1ccc(C(F)(F)F)c(C(=O)O)c1. The Hall–Kier alpha value is -2.16. The first-order valence-electron chi connectivity index (χ1n) is 5.94. The van der Waals surface area contributed by atoms with Gasteiger partial charge in [-0.25, -0.2) is 4.79 Å². The summed E-state index contributed by atoms with van der Waals surface area (Å²) in [6, 6.07) is 3.03. The quantitative estimate of drug-likeness (QED) is 0.844. The predicted octanol–water partition coefficient (Wildman–Crippen LogP) is 3.25. The Morgan fingerprint density at radius 2 is 2.10 bits per heavy atom. The van der Waals surface area contributed by atoms with E-state index in [2.05, 4.69) is 5.92 Å². The third-order valence-corrected chi connectivity index (χ3v) is 2.68. The molecule has 0 saturated carbocycles. The van der Waals surface area contributed by atoms with Gasteiger partial charge in [-0.15, -0.1) is 6.42 Å². The van der Waals surface area contributed by atoms with Crippen molar-refractivity contribution >= 4 is 11.7 Å². The van der Waals surface area contributed by atoms with Gasteiger partial charge in [0.2, 0.25) is 0 Å². The van der Waals surface area contributed by atoms with Gasteiger partial charge < -0.3 is 10.0 Å². The van der Waals surface area contributed by atoms with Gasteiger partial charge in [-0.05, 0) is 24.6 Å². The second kappa shape index (κ2) is 6.33. The lowest BCUT2D eigenvalue weighted by Gasteiger charge is -2.23. The standard InChI is InChI=1S/C14H14F3NO2/c1-3-7-18(8-4-2)10-5-6-12(14(15,16)17)11(9-10)13(19)20/h1,5-6,9H,4,7-8H2,2H3,(H,19,20). The van der Waals surface area contributed by atoms with Crippen LogP contribution in [-0.2, 0) is 6.18 Å². The Morgan fingerprint density at radius 1 is 1.45 bits per heavy atom. The summed E-state index contributed by atoms with van der Waals surface area (Å²) in [6.07, 6.45) is 1.25. The molecule has 0 radical (unpaired) electrons. The molecule has 0 aliphatic rings. The Balaban J connectivity index is 3.29. The molecule has 0 aromatic heterocycles. The first-order valence-corrected chi connectivity index (χ1v) is 5.94. The van der Waals surface area contributed by atoms with Crippen LogP contribution in [0.3, 0.4) is 0 Å². The number of rotatable bonds is 5. The first kappa shape index (κ1) is 15.9. The van der Waals surface area contributed by atoms with Crippen LogP contribution in [-0.4, -0.2) is 24.2 Å². The smallest absolute Gasteiger partial charge is 0.417 e. The Bertz CT molecular complexity index is 532. The highest BCUT2D eigenvalue weighted by molar-refractivity contribution is 5.91. The molecule has 0 aliphatic heterocycles. The van der Waals surface area contributed by atoms with Gasteiger partial charge >= 0.3 is 12.1 Å². The molecule has 0 fully saturated rings. The van der Waals surface area contributed by atoms with Gasteiger partial charge in [0.1, 0.15) is 0 Å². The number of carboxylic acid groups (broad SMARTS) is 1. The van der Waals surface area contributed by atoms with Gasteiger partial charge in [0.05, 0.1) is 17.7 Å². The predicted molar refractivity (Wildman–Crippen MR) is 69.7 cm³/mol. The largest absolute Gasteiger partial charge is 0.478 e. The van der Waals surface area contributed by atoms with E-state index in [0.29, 0.717) is 12.2 Å². The van der Waals surface area contributed by atoms with E-state index in [1.807, 2.05) is 6.92 Å². The summed E-state index contributed by atoms with van der Waals surface area (Å²) >= 11 is 0. The summed E-state index contributed by atoms with van der Waals surface area (Å²) in [7, 11) is 0. The third-order valence-electron chi connectivity index (χ3n) is 2.68. The number of aromatic carboxylic acids is 1. The third kappa shape index (κ3) is 3.67. The second-order valence-corrected chi connectivity index (χ2v) is 4.16. The molecule has 0 aliphatic carbocycles. The van der Waals surface area contributed by atoms with Gasteiger partial charge in [0, 0.05) is 12.2 Å². The van der Waals surface area contributed by atoms with E-state index in [0.717, 1.165) is 18.6 Å². The average molecular weight is 285 g/mol. The molecule has 0 atom stereocenters. The molecule has 3 nitrogen and oxygen atoms in total. The summed E-state index contributed by atoms with van der Waals surface area (Å²) < 4.78 is 38.2. The summed E-state index contributed by atoms with van der Waals surface area (Å²) in [6.45, 7) is 2.64. The maximum Gasteiger partial charge on any atom is 0.417 e. The lowest BCUT2D eigenvalue weighted by molar-refractivity contribution is -0.138. The van der Waals surface area contributed by atoms with Gasteiger partial charge in [-0.2, -0.15) is 13.2 Å². The zero-order chi connectivity index (χ0) is 15.3. The normalized spacial score (nSPS) is 10.9. The molecule has 0 bridgehead atoms. The summed E-state index contributed by atoms with van der Waals surface area (Å²) in [4.78, 5) is 12.7. The second-order valence-electron chi connectivity index (χ2n) is 4.16. The van der Waals surface area contributed by atoms with Crippen molar-refractivity contribution in [3.05, 3.63) is 29.3 Å². The summed E-state index contributed by atoms with van der Waals surface area (Å²) in [5.41, 5.74) is -1.56. The molecule has 6 heteroatoms. The van der Waals surface area contributed by atoms with Gasteiger partial charge in [-0.3, -0.25) is 0 Å². The fraction of sp³-hybridized carbons (Fsp3) is 0.357. The number of carboxylic acids is 1. The number of halogens is 3. The lowest BCUT2D eigenvalue weighted by Crippen LogP contribution is -2.25. The zero-order valence-electron chi connectivity index (χ0n) is 10.9. The minimum atomic E-state index is -4.70. The van der Waals surface area contributed by atoms with Gasteiger partial charge in [0.25, 0.3) is 0 Å². The van der Waals surface area contributed by atoms with Crippen LogP contribution in [0.4, 0.5) is 18.9 Å². The van der Waals surface area contributed by atoms with E-state index < -0.39 is 23.3 Å². The van der Waals surface area contributed by atoms with Crippen LogP contribution in [0.5, 0.6) is 0 Å². The van der Waals surface area contributed by atoms with Crippen molar-refractivity contribution < 1.29 is 23.1 Å². The number of terminal acetylenes is 1. The number of benzene rings is 1. The molecule has 0 heterocycles. The van der Waals surface area contributed by atoms with Crippen LogP contribution in [0.15, 0.2) is 18.2 Å². The average Bonchev–Trinajstić information content (AvgIpc) is 2.36. The van der Waals surface area contributed by atoms with Gasteiger partial charge in [-0.1, -0.05) is 12.8 Å². The zero-order valence-corrected chi connectivity index (χ0v) is 10.9. The molecule has 20 heavy (non-hydrogen) atoms. The van der Waals surface area contributed by atoms with Crippen LogP contribution in [0.25, 0.3) is 0 Å². The maximum atomic E-state index is 12.7. The van der Waals surface area contributed by atoms with Crippen molar-refractivity contribution in [2.45, 2.75) is 19.5 Å². The maximum absolute atomic E-state index is 12.7. The molecule has 1 aromatic carbocycles. The highest BCUT2D eigenvalue weighted by Crippen LogP contribution is 2.34. The molecule has 1 N–H and O–H groups in total. The van der Waals surface area contributed by atoms with E-state index in [-0.39, 0.29) is 6.54 Å². The lowest BCUT2D eigenvalue weighted by atomic mass is 10.1. The van der Waals surface area contributed by atoms with Crippen LogP contribution in [0, 0.1) is 12.3 Å². The van der Waals surface area contributed by atoms with Crippen LogP contribution in [0.1, 0.15) is 29.3 Å². The minimum absolute atomic E-state index is 0.207. The number of anilines is 1. The molecule has 108 valence electrons. The van der Waals surface area contributed by atoms with Crippen LogP contribution >= 0.6 is 0 Å². The van der Waals surface area contributed by atoms with Crippen molar-refractivity contribution in [3.63, 3.8) is 0 Å². The molecule has 1 rings (SSSR count). The number of alkyl halides is 3. The van der Waals surface area contributed by atoms with Crippen molar-refractivity contribution in [3.8, 4) is 12.3 Å². The molecular formula is C14H14F3NO2. The van der Waals surface area contributed by atoms with E-state index in [4.69, 9.17) is 11.5 Å². The highest BCUT2D eigenvalue weighted by Gasteiger charge is 2.35. The van der Waals surface area contributed by atoms with E-state index in [9.17, 15) is 18.0 Å². The number of hydrogen-bond acceptors (Lipinski definition) is 2. The van der Waals surface area contributed by atoms with Crippen molar-refractivity contribution in [2.75, 3.05) is 18.0 Å². The molecule has 0 amide bonds. The number of hydrogen-bond donors (Lipinski definition) is 1. The number of carbonyl (C=O) groups is 1. The molecular weight excluding hydrogens is 271 g/mol. The summed E-state index contributed by atoms with van der Waals surface area (Å²) in [5, 5.41) is 8.94. The minimum Gasteiger partial charge on any atom is -0.478 e. The van der Waals surface area contributed by atoms with Crippen molar-refractivity contribution in [2.24, 2.45) is 0 Å². The first-order chi connectivity index (χ1) is 9.31. The van der Waals surface area contributed by atoms with E-state index in [1.54, 1.807) is 4.90 Å². The Labute approximate surface area is 115 Å². The topological polar surface area (TPSA) is 40.5 Å². The van der Waals surface area contributed by atoms with Crippen LogP contribution in [0.2, 0.25) is 0 Å². The van der Waals surface area contributed by atoms with Crippen molar-refractivity contribution in [1.82, 2.24) is 0 Å². The number of nitrogens with zero attached hydrogens (tertiary/aromatic N) is 1. The molecule has 0 unspecified atom stereocenters. The highest BCUT2D eigenvalue weighted by atomic mass is 19.4.